The summed E-state index contributed by atoms with van der Waals surface area (Å²) in [7, 11) is 5.26. The highest BCUT2D eigenvalue weighted by atomic mass is 32.1. The van der Waals surface area contributed by atoms with E-state index in [9.17, 15) is 4.79 Å². The van der Waals surface area contributed by atoms with Gasteiger partial charge >= 0.3 is 6.09 Å². The second kappa shape index (κ2) is 45.1. The summed E-state index contributed by atoms with van der Waals surface area (Å²) in [5, 5.41) is 13.7. The second-order valence-corrected chi connectivity index (χ2v) is 34.6. The minimum absolute atomic E-state index is 0.0436. The summed E-state index contributed by atoms with van der Waals surface area (Å²) >= 11 is 1.69. The van der Waals surface area contributed by atoms with E-state index >= 15 is 0 Å². The Morgan fingerprint density at radius 2 is 0.903 bits per heavy atom. The van der Waals surface area contributed by atoms with Crippen molar-refractivity contribution in [3.05, 3.63) is 238 Å². The van der Waals surface area contributed by atoms with Crippen molar-refractivity contribution in [2.45, 2.75) is 139 Å². The number of thiazole rings is 1. The van der Waals surface area contributed by atoms with Crippen molar-refractivity contribution in [1.29, 1.82) is 0 Å². The number of para-hydroxylation sites is 2. The van der Waals surface area contributed by atoms with Crippen LogP contribution in [0.5, 0.6) is 28.7 Å². The summed E-state index contributed by atoms with van der Waals surface area (Å²) in [6, 6.07) is 63.7. The van der Waals surface area contributed by atoms with E-state index < -0.39 is 0 Å². The number of methoxy groups -OCH3 is 3. The third-order valence-electron chi connectivity index (χ3n) is 25.4. The Bertz CT molecular complexity index is 4750. The van der Waals surface area contributed by atoms with Gasteiger partial charge < -0.3 is 97.3 Å². The molecule has 1 amide bonds. The number of nitrogens with zero attached hydrogens (tertiary/aromatic N) is 7. The van der Waals surface area contributed by atoms with E-state index in [0.29, 0.717) is 57.2 Å². The first-order chi connectivity index (χ1) is 61.2. The monoisotopic (exact) mass is 1710 g/mol. The zero-order valence-electron chi connectivity index (χ0n) is 72.6. The Morgan fingerprint density at radius 1 is 0.452 bits per heavy atom. The van der Waals surface area contributed by atoms with Gasteiger partial charge in [0, 0.05) is 148 Å². The Balaban J connectivity index is 0.000000138. The molecule has 9 aliphatic rings. The molecular weight excluding hydrogens is 1580 g/mol. The van der Waals surface area contributed by atoms with E-state index in [2.05, 4.69) is 197 Å². The number of ether oxygens (including phenoxy) is 12. The molecule has 1 aromatic heterocycles. The minimum Gasteiger partial charge on any atom is -0.490 e. The number of aryl methyl sites for hydroxylation is 1. The van der Waals surface area contributed by atoms with Gasteiger partial charge in [0.15, 0.2) is 5.13 Å². The van der Waals surface area contributed by atoms with Crippen molar-refractivity contribution < 1.29 is 61.6 Å². The third kappa shape index (κ3) is 23.6. The lowest BCUT2D eigenvalue weighted by atomic mass is 9.87. The van der Waals surface area contributed by atoms with Crippen LogP contribution in [0.25, 0.3) is 0 Å². The number of anilines is 6. The first-order valence-electron chi connectivity index (χ1n) is 45.3. The Labute approximate surface area is 736 Å². The van der Waals surface area contributed by atoms with E-state index in [0.717, 1.165) is 253 Å². The number of aromatic nitrogens is 1. The SMILES string of the molecule is COCCCN1CCOc2ccc(CO[C@H]3CNCC[C@@H]3c3ccc(CO[C@H]4CCN(c5ccccc5)C4)cc3)cc21.COCCCN1CCOc2ccc(CO[C@H]3CNCC[C@@H]3c3ccc(OC(=O)N4CCCc5ccccc54)cc3)cc21.COCCCN1CCOc2ccc(CO[C@H]3CNCC[C@@H]3c3ccc(O[C@H]4CCN(c5nccs5)C4)cc3)cc21. The second-order valence-electron chi connectivity index (χ2n) is 33.7. The van der Waals surface area contributed by atoms with E-state index in [1.54, 1.807) is 37.6 Å². The molecule has 24 heteroatoms. The van der Waals surface area contributed by atoms with Gasteiger partial charge in [0.1, 0.15) is 54.7 Å². The van der Waals surface area contributed by atoms with Gasteiger partial charge in [-0.3, -0.25) is 4.90 Å². The summed E-state index contributed by atoms with van der Waals surface area (Å²) in [5.74, 6) is 5.35. The summed E-state index contributed by atoms with van der Waals surface area (Å²) < 4.78 is 71.6. The standard InChI is InChI=1S/C35H45N3O4.C34H41N3O5.C31H40N4O4S/c1-39-20-5-17-37-19-21-40-34-13-10-28(22-33(34)37)26-42-35-23-36-16-14-32(35)29-11-8-27(9-12-29)25-41-31-15-18-38(24-31)30-6-3-2-4-7-30;1-39-20-5-17-36-19-21-40-32-14-9-25(22-31(32)36)24-41-33-23-35-16-15-29(33)26-10-12-28(13-11-26)42-34(38)37-18-4-7-27-6-2-3-8-30(27)37;1-36-16-2-13-34-15-17-37-29-8-3-23(19-28(29)34)22-38-30-20-32-11-9-27(30)24-4-6-25(7-5-24)39-26-10-14-35(21-26)31-33-12-18-40-31/h2-4,6-13,22,31-32,35-36H,5,14-21,23-26H2,1H3;2-3,6,8-14,22,29,33,35H,4-5,7,15-21,23-24H2,1H3;3-8,12,18-19,26-27,30,32H,2,9-11,13-17,20-22H2,1H3/t31-,32+,35-;29-,33+;26-,27+,30-/m010/s1. The fourth-order valence-electron chi connectivity index (χ4n) is 18.7. The number of carbonyl (C=O) groups excluding carboxylic acids is 1. The first-order valence-corrected chi connectivity index (χ1v) is 46.2. The lowest BCUT2D eigenvalue weighted by Gasteiger charge is -2.33. The summed E-state index contributed by atoms with van der Waals surface area (Å²) in [4.78, 5) is 31.1. The van der Waals surface area contributed by atoms with E-state index in [4.69, 9.17) is 56.8 Å². The average Bonchev–Trinajstić information content (AvgIpc) is 1.16. The Morgan fingerprint density at radius 3 is 1.40 bits per heavy atom. The maximum atomic E-state index is 13.0. The average molecular weight is 1710 g/mol. The van der Waals surface area contributed by atoms with Gasteiger partial charge in [-0.05, 0) is 201 Å². The number of fused-ring (bicyclic) bond motifs is 4. The lowest BCUT2D eigenvalue weighted by Crippen LogP contribution is -2.41. The van der Waals surface area contributed by atoms with Gasteiger partial charge in [-0.15, -0.1) is 11.3 Å². The molecule has 10 heterocycles. The maximum absolute atomic E-state index is 13.0. The maximum Gasteiger partial charge on any atom is 0.419 e. The van der Waals surface area contributed by atoms with Gasteiger partial charge in [-0.25, -0.2) is 9.78 Å². The Kier molecular flexibility index (Phi) is 31.9. The molecule has 9 aromatic rings. The van der Waals surface area contributed by atoms with Crippen LogP contribution in [0.2, 0.25) is 0 Å². The van der Waals surface area contributed by atoms with Gasteiger partial charge in [0.25, 0.3) is 0 Å². The smallest absolute Gasteiger partial charge is 0.419 e. The molecule has 3 N–H and O–H groups in total. The number of hydrogen-bond acceptors (Lipinski definition) is 23. The highest BCUT2D eigenvalue weighted by Gasteiger charge is 2.34. The molecule has 23 nitrogen and oxygen atoms in total. The quantitative estimate of drug-likeness (QED) is 0.0336. The van der Waals surface area contributed by atoms with Crippen LogP contribution in [-0.2, 0) is 66.0 Å². The van der Waals surface area contributed by atoms with Crippen molar-refractivity contribution in [1.82, 2.24) is 20.9 Å². The summed E-state index contributed by atoms with van der Waals surface area (Å²) in [6.45, 7) is 22.4. The lowest BCUT2D eigenvalue weighted by molar-refractivity contribution is 0.0105. The highest BCUT2D eigenvalue weighted by molar-refractivity contribution is 7.13. The zero-order chi connectivity index (χ0) is 84.4. The molecule has 8 aromatic carbocycles. The fraction of sp³-hybridized carbons (Fsp3) is 0.480. The van der Waals surface area contributed by atoms with Crippen molar-refractivity contribution in [3.8, 4) is 28.7 Å². The van der Waals surface area contributed by atoms with Crippen molar-refractivity contribution in [2.75, 3.05) is 202 Å². The minimum atomic E-state index is -0.328. The van der Waals surface area contributed by atoms with Crippen molar-refractivity contribution >= 4 is 51.0 Å². The molecule has 0 unspecified atom stereocenters. The molecule has 5 fully saturated rings. The van der Waals surface area contributed by atoms with Crippen LogP contribution in [0, 0.1) is 0 Å². The fourth-order valence-corrected chi connectivity index (χ4v) is 19.4. The number of nitrogens with one attached hydrogen (secondary N) is 3. The third-order valence-corrected chi connectivity index (χ3v) is 26.2. The molecule has 0 aliphatic carbocycles. The number of hydrogen-bond donors (Lipinski definition) is 3. The normalized spacial score (nSPS) is 21.6. The number of piperidine rings is 3. The van der Waals surface area contributed by atoms with Gasteiger partial charge in [0.05, 0.1) is 99.8 Å². The number of amides is 1. The molecule has 124 heavy (non-hydrogen) atoms. The van der Waals surface area contributed by atoms with E-state index in [1.807, 2.05) is 41.9 Å². The topological polar surface area (TPSA) is 196 Å². The highest BCUT2D eigenvalue weighted by Crippen LogP contribution is 2.40. The molecule has 8 atom stereocenters. The summed E-state index contributed by atoms with van der Waals surface area (Å²) in [5.41, 5.74) is 15.5. The molecule has 18 rings (SSSR count). The van der Waals surface area contributed by atoms with E-state index in [1.165, 1.54) is 50.3 Å². The molecule has 5 saturated heterocycles. The predicted octanol–water partition coefficient (Wildman–Crippen LogP) is 15.6. The van der Waals surface area contributed by atoms with Crippen LogP contribution in [0.15, 0.2) is 194 Å². The van der Waals surface area contributed by atoms with Gasteiger partial charge in [-0.2, -0.15) is 0 Å². The van der Waals surface area contributed by atoms with Crippen molar-refractivity contribution in [3.63, 3.8) is 0 Å². The first kappa shape index (κ1) is 87.9. The largest absolute Gasteiger partial charge is 0.490 e. The van der Waals surface area contributed by atoms with Crippen molar-refractivity contribution in [2.24, 2.45) is 0 Å². The van der Waals surface area contributed by atoms with Crippen LogP contribution in [0.4, 0.5) is 38.4 Å². The summed E-state index contributed by atoms with van der Waals surface area (Å²) in [6.07, 6.45) is 12.4. The number of benzene rings is 8. The van der Waals surface area contributed by atoms with Crippen LogP contribution < -0.4 is 69.0 Å². The van der Waals surface area contributed by atoms with Gasteiger partial charge in [-0.1, -0.05) is 103 Å². The molecule has 0 bridgehead atoms. The van der Waals surface area contributed by atoms with Crippen LogP contribution >= 0.6 is 11.3 Å². The zero-order valence-corrected chi connectivity index (χ0v) is 73.4. The van der Waals surface area contributed by atoms with Crippen LogP contribution in [-0.4, -0.2) is 214 Å². The molecule has 9 aliphatic heterocycles. The molecule has 660 valence electrons. The van der Waals surface area contributed by atoms with Crippen LogP contribution in [0.1, 0.15) is 120 Å². The molecule has 0 radical (unpaired) electrons. The predicted molar refractivity (Wildman–Crippen MR) is 491 cm³/mol. The Hall–Kier alpha value is -9.54. The van der Waals surface area contributed by atoms with Crippen LogP contribution in [0.3, 0.4) is 0 Å². The van der Waals surface area contributed by atoms with E-state index in [-0.39, 0.29) is 42.5 Å². The number of rotatable bonds is 32. The molecule has 0 saturated carbocycles. The van der Waals surface area contributed by atoms with Gasteiger partial charge in [0.2, 0.25) is 0 Å². The number of carbonyl (C=O) groups is 1. The molecule has 0 spiro atoms. The molecular formula is C100H126N10O13S.